The molecule has 1 N–H and O–H groups in total. The van der Waals surface area contributed by atoms with Crippen LogP contribution in [0.1, 0.15) is 41.6 Å². The number of benzene rings is 2. The van der Waals surface area contributed by atoms with E-state index >= 15 is 0 Å². The van der Waals surface area contributed by atoms with Gasteiger partial charge in [-0.3, -0.25) is 0 Å². The summed E-state index contributed by atoms with van der Waals surface area (Å²) in [6, 6.07) is 18.5. The van der Waals surface area contributed by atoms with Crippen LogP contribution >= 0.6 is 0 Å². The first-order chi connectivity index (χ1) is 9.65. The lowest BCUT2D eigenvalue weighted by Gasteiger charge is -2.22. The zero-order valence-electron chi connectivity index (χ0n) is 12.6. The maximum Gasteiger partial charge on any atom is 0.0581 e. The third-order valence-corrected chi connectivity index (χ3v) is 4.37. The van der Waals surface area contributed by atoms with Gasteiger partial charge in [0, 0.05) is 6.04 Å². The fourth-order valence-corrected chi connectivity index (χ4v) is 2.85. The maximum absolute atomic E-state index is 3.84. The first-order valence-corrected chi connectivity index (χ1v) is 7.53. The van der Waals surface area contributed by atoms with E-state index in [2.05, 4.69) is 74.6 Å². The summed E-state index contributed by atoms with van der Waals surface area (Å²) in [5.41, 5.74) is 5.47. The van der Waals surface area contributed by atoms with Gasteiger partial charge in [0.15, 0.2) is 0 Å². The van der Waals surface area contributed by atoms with Crippen LogP contribution in [-0.4, -0.2) is 6.04 Å². The van der Waals surface area contributed by atoms with Gasteiger partial charge in [-0.1, -0.05) is 61.0 Å². The Balaban J connectivity index is 1.98. The molecule has 0 saturated heterocycles. The number of hydrogen-bond acceptors (Lipinski definition) is 1. The molecule has 0 spiro atoms. The van der Waals surface area contributed by atoms with Crippen molar-refractivity contribution in [3.8, 4) is 0 Å². The molecular weight excluding hydrogens is 242 g/mol. The Morgan fingerprint density at radius 1 is 1.05 bits per heavy atom. The Bertz CT molecular complexity index is 588. The second-order valence-electron chi connectivity index (χ2n) is 6.19. The molecule has 1 heteroatoms. The lowest BCUT2D eigenvalue weighted by molar-refractivity contribution is 0.576. The summed E-state index contributed by atoms with van der Waals surface area (Å²) >= 11 is 0. The van der Waals surface area contributed by atoms with Crippen molar-refractivity contribution >= 4 is 0 Å². The number of nitrogens with one attached hydrogen (secondary N) is 1. The molecule has 104 valence electrons. The van der Waals surface area contributed by atoms with E-state index in [0.29, 0.717) is 12.1 Å². The molecule has 0 aliphatic heterocycles. The van der Waals surface area contributed by atoms with Crippen LogP contribution in [0.3, 0.4) is 0 Å². The summed E-state index contributed by atoms with van der Waals surface area (Å²) in [7, 11) is 0. The Hall–Kier alpha value is -1.60. The Labute approximate surface area is 122 Å². The van der Waals surface area contributed by atoms with Gasteiger partial charge in [0.1, 0.15) is 0 Å². The molecule has 3 unspecified atom stereocenters. The molecular formula is C19H23N. The van der Waals surface area contributed by atoms with Gasteiger partial charge in [-0.05, 0) is 42.9 Å². The number of aryl methyl sites for hydroxylation is 2. The first-order valence-electron chi connectivity index (χ1n) is 7.53. The summed E-state index contributed by atoms with van der Waals surface area (Å²) in [6.07, 6.45) is 1.30. The molecule has 1 saturated carbocycles. The molecule has 2 aromatic carbocycles. The molecule has 1 aliphatic carbocycles. The molecule has 2 aromatic rings. The van der Waals surface area contributed by atoms with Gasteiger partial charge in [0.25, 0.3) is 0 Å². The van der Waals surface area contributed by atoms with Crippen molar-refractivity contribution in [3.05, 3.63) is 70.8 Å². The SMILES string of the molecule is Cc1ccc(C)c(C(NC2CC2C)c2ccccc2)c1. The Morgan fingerprint density at radius 3 is 2.40 bits per heavy atom. The van der Waals surface area contributed by atoms with Crippen molar-refractivity contribution in [2.45, 2.75) is 39.3 Å². The average molecular weight is 265 g/mol. The Morgan fingerprint density at radius 2 is 1.75 bits per heavy atom. The fourth-order valence-electron chi connectivity index (χ4n) is 2.85. The predicted octanol–water partition coefficient (Wildman–Crippen LogP) is 4.39. The average Bonchev–Trinajstić information content (AvgIpc) is 3.16. The molecule has 1 fully saturated rings. The predicted molar refractivity (Wildman–Crippen MR) is 84.9 cm³/mol. The van der Waals surface area contributed by atoms with Gasteiger partial charge in [-0.2, -0.15) is 0 Å². The van der Waals surface area contributed by atoms with Gasteiger partial charge in [-0.25, -0.2) is 0 Å². The minimum atomic E-state index is 0.311. The highest BCUT2D eigenvalue weighted by Crippen LogP contribution is 2.34. The van der Waals surface area contributed by atoms with E-state index in [1.165, 1.54) is 28.7 Å². The molecule has 20 heavy (non-hydrogen) atoms. The highest BCUT2D eigenvalue weighted by atomic mass is 15.0. The van der Waals surface area contributed by atoms with Crippen molar-refractivity contribution in [2.75, 3.05) is 0 Å². The van der Waals surface area contributed by atoms with Crippen LogP contribution in [0.5, 0.6) is 0 Å². The van der Waals surface area contributed by atoms with Gasteiger partial charge in [0.2, 0.25) is 0 Å². The van der Waals surface area contributed by atoms with Crippen LogP contribution in [0.25, 0.3) is 0 Å². The standard InChI is InChI=1S/C19H23N/c1-13-9-10-14(2)17(11-13)19(20-18-12-15(18)3)16-7-5-4-6-8-16/h4-11,15,18-20H,12H2,1-3H3. The molecule has 0 bridgehead atoms. The van der Waals surface area contributed by atoms with E-state index in [9.17, 15) is 0 Å². The minimum Gasteiger partial charge on any atom is -0.303 e. The Kier molecular flexibility index (Phi) is 3.62. The van der Waals surface area contributed by atoms with Gasteiger partial charge in [-0.15, -0.1) is 0 Å². The summed E-state index contributed by atoms with van der Waals surface area (Å²) in [4.78, 5) is 0. The summed E-state index contributed by atoms with van der Waals surface area (Å²) in [6.45, 7) is 6.70. The molecule has 3 rings (SSSR count). The van der Waals surface area contributed by atoms with Crippen molar-refractivity contribution < 1.29 is 0 Å². The van der Waals surface area contributed by atoms with Crippen LogP contribution in [-0.2, 0) is 0 Å². The third kappa shape index (κ3) is 2.78. The lowest BCUT2D eigenvalue weighted by Crippen LogP contribution is -2.26. The molecule has 0 radical (unpaired) electrons. The molecule has 3 atom stereocenters. The van der Waals surface area contributed by atoms with E-state index in [1.807, 2.05) is 0 Å². The summed E-state index contributed by atoms with van der Waals surface area (Å²) < 4.78 is 0. The third-order valence-electron chi connectivity index (χ3n) is 4.37. The number of hydrogen-bond donors (Lipinski definition) is 1. The van der Waals surface area contributed by atoms with Crippen molar-refractivity contribution in [1.29, 1.82) is 0 Å². The first kappa shape index (κ1) is 13.4. The zero-order valence-corrected chi connectivity index (χ0v) is 12.6. The lowest BCUT2D eigenvalue weighted by atomic mass is 9.93. The van der Waals surface area contributed by atoms with Crippen LogP contribution < -0.4 is 5.32 Å². The van der Waals surface area contributed by atoms with Crippen LogP contribution in [0, 0.1) is 19.8 Å². The van der Waals surface area contributed by atoms with E-state index in [4.69, 9.17) is 0 Å². The topological polar surface area (TPSA) is 12.0 Å². The van der Waals surface area contributed by atoms with Gasteiger partial charge in [0.05, 0.1) is 6.04 Å². The monoisotopic (exact) mass is 265 g/mol. The molecule has 0 heterocycles. The molecule has 0 amide bonds. The van der Waals surface area contributed by atoms with Gasteiger partial charge < -0.3 is 5.32 Å². The number of rotatable bonds is 4. The quantitative estimate of drug-likeness (QED) is 0.864. The normalized spacial score (nSPS) is 22.6. The van der Waals surface area contributed by atoms with Crippen LogP contribution in [0.2, 0.25) is 0 Å². The van der Waals surface area contributed by atoms with Crippen LogP contribution in [0.15, 0.2) is 48.5 Å². The molecule has 1 aliphatic rings. The van der Waals surface area contributed by atoms with E-state index < -0.39 is 0 Å². The summed E-state index contributed by atoms with van der Waals surface area (Å²) in [5, 5.41) is 3.84. The van der Waals surface area contributed by atoms with E-state index in [0.717, 1.165) is 5.92 Å². The second-order valence-corrected chi connectivity index (χ2v) is 6.19. The van der Waals surface area contributed by atoms with E-state index in [-0.39, 0.29) is 0 Å². The maximum atomic E-state index is 3.84. The largest absolute Gasteiger partial charge is 0.303 e. The highest BCUT2D eigenvalue weighted by molar-refractivity contribution is 5.39. The second kappa shape index (κ2) is 5.41. The van der Waals surface area contributed by atoms with E-state index in [1.54, 1.807) is 0 Å². The van der Waals surface area contributed by atoms with Gasteiger partial charge >= 0.3 is 0 Å². The minimum absolute atomic E-state index is 0.311. The zero-order chi connectivity index (χ0) is 14.1. The smallest absolute Gasteiger partial charge is 0.0581 e. The van der Waals surface area contributed by atoms with Crippen molar-refractivity contribution in [2.24, 2.45) is 5.92 Å². The summed E-state index contributed by atoms with van der Waals surface area (Å²) in [5.74, 6) is 0.811. The molecule has 0 aromatic heterocycles. The molecule has 1 nitrogen and oxygen atoms in total. The fraction of sp³-hybridized carbons (Fsp3) is 0.368. The van der Waals surface area contributed by atoms with Crippen molar-refractivity contribution in [1.82, 2.24) is 5.32 Å². The van der Waals surface area contributed by atoms with Crippen molar-refractivity contribution in [3.63, 3.8) is 0 Å². The van der Waals surface area contributed by atoms with Crippen LogP contribution in [0.4, 0.5) is 0 Å². The highest BCUT2D eigenvalue weighted by Gasteiger charge is 2.35.